The van der Waals surface area contributed by atoms with Gasteiger partial charge in [-0.1, -0.05) is 104 Å². The van der Waals surface area contributed by atoms with Crippen molar-refractivity contribution < 1.29 is 19.4 Å². The van der Waals surface area contributed by atoms with Gasteiger partial charge in [0.15, 0.2) is 0 Å². The van der Waals surface area contributed by atoms with Crippen LogP contribution in [0.3, 0.4) is 0 Å². The fraction of sp³-hybridized carbons (Fsp3) is 0.278. The Labute approximate surface area is 258 Å². The van der Waals surface area contributed by atoms with E-state index in [0.29, 0.717) is 12.3 Å². The molecule has 3 N–H and O–H groups in total. The summed E-state index contributed by atoms with van der Waals surface area (Å²) in [4.78, 5) is 24.7. The molecule has 0 aliphatic rings. The van der Waals surface area contributed by atoms with Crippen LogP contribution in [0.15, 0.2) is 109 Å². The molecule has 0 spiro atoms. The number of amides is 1. The normalized spacial score (nSPS) is 12.3. The van der Waals surface area contributed by atoms with Crippen LogP contribution >= 0.6 is 11.8 Å². The molecule has 1 amide bonds. The van der Waals surface area contributed by atoms with E-state index in [0.717, 1.165) is 34.4 Å². The number of aromatic carboxylic acids is 1. The highest BCUT2D eigenvalue weighted by molar-refractivity contribution is 8.00. The minimum Gasteiger partial charge on any atom is -0.478 e. The molecule has 0 saturated carbocycles. The van der Waals surface area contributed by atoms with Gasteiger partial charge in [0.2, 0.25) is 0 Å². The molecule has 1 atom stereocenters. The van der Waals surface area contributed by atoms with Crippen LogP contribution in [-0.2, 0) is 15.9 Å². The maximum absolute atomic E-state index is 13.0. The summed E-state index contributed by atoms with van der Waals surface area (Å²) in [5.74, 6) is -0.451. The average Bonchev–Trinajstić information content (AvgIpc) is 3.00. The van der Waals surface area contributed by atoms with Crippen LogP contribution in [0.4, 0.5) is 10.5 Å². The number of carbonyl (C=O) groups is 2. The van der Waals surface area contributed by atoms with Crippen molar-refractivity contribution in [2.24, 2.45) is 0 Å². The van der Waals surface area contributed by atoms with Crippen LogP contribution in [-0.4, -0.2) is 41.1 Å². The lowest BCUT2D eigenvalue weighted by molar-refractivity contribution is 0.0511. The number of benzene rings is 4. The second-order valence-electron chi connectivity index (χ2n) is 11.3. The third-order valence-corrected chi connectivity index (χ3v) is 8.75. The molecule has 4 rings (SSSR count). The smallest absolute Gasteiger partial charge is 0.407 e. The highest BCUT2D eigenvalue weighted by Gasteiger charge is 2.38. The lowest BCUT2D eigenvalue weighted by Crippen LogP contribution is -2.45. The van der Waals surface area contributed by atoms with E-state index in [1.165, 1.54) is 0 Å². The largest absolute Gasteiger partial charge is 0.478 e. The fourth-order valence-corrected chi connectivity index (χ4v) is 6.60. The monoisotopic (exact) mass is 596 g/mol. The van der Waals surface area contributed by atoms with Gasteiger partial charge in [0, 0.05) is 18.0 Å². The van der Waals surface area contributed by atoms with Gasteiger partial charge in [0.05, 0.1) is 16.4 Å². The van der Waals surface area contributed by atoms with Gasteiger partial charge in [-0.25, -0.2) is 9.59 Å². The topological polar surface area (TPSA) is 87.7 Å². The maximum atomic E-state index is 13.0. The number of carboxylic acid groups (broad SMARTS) is 1. The number of carboxylic acids is 1. The van der Waals surface area contributed by atoms with Gasteiger partial charge >= 0.3 is 12.1 Å². The summed E-state index contributed by atoms with van der Waals surface area (Å²) >= 11 is 1.75. The molecule has 43 heavy (non-hydrogen) atoms. The van der Waals surface area contributed by atoms with Gasteiger partial charge in [-0.15, -0.1) is 11.8 Å². The Morgan fingerprint density at radius 3 is 1.77 bits per heavy atom. The molecular weight excluding hydrogens is 556 g/mol. The number of ether oxygens (including phenoxy) is 1. The minimum atomic E-state index is -0.983. The molecule has 4 aromatic rings. The summed E-state index contributed by atoms with van der Waals surface area (Å²) in [5, 5.41) is 16.1. The molecule has 0 bridgehead atoms. The molecular formula is C36H40N2O4S. The van der Waals surface area contributed by atoms with E-state index in [2.05, 4.69) is 83.4 Å². The third kappa shape index (κ3) is 8.20. The highest BCUT2D eigenvalue weighted by Crippen LogP contribution is 2.48. The van der Waals surface area contributed by atoms with E-state index in [1.807, 2.05) is 52.0 Å². The summed E-state index contributed by atoms with van der Waals surface area (Å²) in [7, 11) is 0. The summed E-state index contributed by atoms with van der Waals surface area (Å²) < 4.78 is 5.08. The molecule has 0 aromatic heterocycles. The van der Waals surface area contributed by atoms with Gasteiger partial charge in [0.1, 0.15) is 5.60 Å². The van der Waals surface area contributed by atoms with Gasteiger partial charge in [0.25, 0.3) is 0 Å². The van der Waals surface area contributed by atoms with Crippen LogP contribution in [0.2, 0.25) is 0 Å². The van der Waals surface area contributed by atoms with Crippen molar-refractivity contribution in [3.8, 4) is 0 Å². The van der Waals surface area contributed by atoms with Crippen molar-refractivity contribution >= 4 is 29.5 Å². The first kappa shape index (κ1) is 31.7. The van der Waals surface area contributed by atoms with E-state index >= 15 is 0 Å². The molecule has 7 heteroatoms. The fourth-order valence-electron chi connectivity index (χ4n) is 5.04. The van der Waals surface area contributed by atoms with Crippen molar-refractivity contribution in [2.45, 2.75) is 50.5 Å². The molecule has 0 fully saturated rings. The Morgan fingerprint density at radius 2 is 1.33 bits per heavy atom. The van der Waals surface area contributed by atoms with Crippen LogP contribution in [0.1, 0.15) is 60.3 Å². The SMILES string of the molecule is CCc1ccc(C(=O)O)cc1NC[C@H](CSC(c1ccccc1)(c1ccccc1)c1ccccc1)NC(=O)OC(C)(C)C. The maximum Gasteiger partial charge on any atom is 0.407 e. The number of nitrogens with one attached hydrogen (secondary N) is 2. The van der Waals surface area contributed by atoms with Crippen LogP contribution in [0.5, 0.6) is 0 Å². The van der Waals surface area contributed by atoms with Crippen molar-refractivity contribution in [1.29, 1.82) is 0 Å². The first-order chi connectivity index (χ1) is 20.6. The Hall–Kier alpha value is -4.23. The van der Waals surface area contributed by atoms with Crippen molar-refractivity contribution in [3.05, 3.63) is 137 Å². The third-order valence-electron chi connectivity index (χ3n) is 7.04. The number of carbonyl (C=O) groups excluding carboxylic acids is 1. The molecule has 0 heterocycles. The minimum absolute atomic E-state index is 0.210. The number of aryl methyl sites for hydroxylation is 1. The van der Waals surface area contributed by atoms with E-state index < -0.39 is 22.4 Å². The molecule has 4 aromatic carbocycles. The second-order valence-corrected chi connectivity index (χ2v) is 12.6. The van der Waals surface area contributed by atoms with Crippen LogP contribution in [0.25, 0.3) is 0 Å². The van der Waals surface area contributed by atoms with Crippen LogP contribution < -0.4 is 10.6 Å². The van der Waals surface area contributed by atoms with E-state index in [1.54, 1.807) is 23.9 Å². The van der Waals surface area contributed by atoms with Gasteiger partial charge < -0.3 is 20.5 Å². The predicted octanol–water partition coefficient (Wildman–Crippen LogP) is 7.98. The Balaban J connectivity index is 1.72. The Bertz CT molecular complexity index is 1390. The lowest BCUT2D eigenvalue weighted by atomic mass is 9.84. The quantitative estimate of drug-likeness (QED) is 0.144. The zero-order valence-corrected chi connectivity index (χ0v) is 26.0. The molecule has 0 unspecified atom stereocenters. The number of anilines is 1. The van der Waals surface area contributed by atoms with Gasteiger partial charge in [-0.2, -0.15) is 0 Å². The first-order valence-electron chi connectivity index (χ1n) is 14.5. The molecule has 0 aliphatic heterocycles. The summed E-state index contributed by atoms with van der Waals surface area (Å²) in [6.07, 6.45) is 0.236. The van der Waals surface area contributed by atoms with E-state index in [9.17, 15) is 14.7 Å². The predicted molar refractivity (Wildman–Crippen MR) is 176 cm³/mol. The average molecular weight is 597 g/mol. The number of hydrogen-bond acceptors (Lipinski definition) is 5. The summed E-state index contributed by atoms with van der Waals surface area (Å²) in [5.41, 5.74) is 4.69. The molecule has 0 radical (unpaired) electrons. The van der Waals surface area contributed by atoms with Crippen molar-refractivity contribution in [2.75, 3.05) is 17.6 Å². The number of rotatable bonds is 12. The molecule has 0 aliphatic carbocycles. The van der Waals surface area contributed by atoms with Crippen molar-refractivity contribution in [1.82, 2.24) is 5.32 Å². The highest BCUT2D eigenvalue weighted by atomic mass is 32.2. The van der Waals surface area contributed by atoms with Crippen molar-refractivity contribution in [3.63, 3.8) is 0 Å². The van der Waals surface area contributed by atoms with Gasteiger partial charge in [-0.3, -0.25) is 0 Å². The molecule has 224 valence electrons. The summed E-state index contributed by atoms with van der Waals surface area (Å²) in [6, 6.07) is 36.0. The zero-order chi connectivity index (χ0) is 30.9. The van der Waals surface area contributed by atoms with Gasteiger partial charge in [-0.05, 0) is 61.6 Å². The first-order valence-corrected chi connectivity index (χ1v) is 15.5. The number of thioether (sulfide) groups is 1. The number of alkyl carbamates (subject to hydrolysis) is 1. The van der Waals surface area contributed by atoms with E-state index in [-0.39, 0.29) is 11.6 Å². The summed E-state index contributed by atoms with van der Waals surface area (Å²) in [6.45, 7) is 7.91. The van der Waals surface area contributed by atoms with E-state index in [4.69, 9.17) is 4.74 Å². The second kappa shape index (κ2) is 14.3. The Kier molecular flexibility index (Phi) is 10.5. The number of hydrogen-bond donors (Lipinski definition) is 3. The molecule has 6 nitrogen and oxygen atoms in total. The standard InChI is InChI=1S/C36H40N2O4S/c1-5-26-21-22-27(33(39)40)23-32(26)37-24-31(38-34(41)42-35(2,3)4)25-43-36(28-15-9-6-10-16-28,29-17-11-7-12-18-29)30-19-13-8-14-20-30/h6-23,31,37H,5,24-25H2,1-4H3,(H,38,41)(H,39,40)/t31-/m1/s1. The molecule has 0 saturated heterocycles. The van der Waals surface area contributed by atoms with Crippen LogP contribution in [0, 0.1) is 0 Å². The lowest BCUT2D eigenvalue weighted by Gasteiger charge is -2.37. The Morgan fingerprint density at radius 1 is 0.814 bits per heavy atom. The zero-order valence-electron chi connectivity index (χ0n) is 25.2.